The number of benzene rings is 2. The van der Waals surface area contributed by atoms with Crippen molar-refractivity contribution in [2.24, 2.45) is 0 Å². The van der Waals surface area contributed by atoms with E-state index in [9.17, 15) is 27.7 Å². The quantitative estimate of drug-likeness (QED) is 0.571. The highest BCUT2D eigenvalue weighted by Gasteiger charge is 2.31. The average Bonchev–Trinajstić information content (AvgIpc) is 2.68. The minimum Gasteiger partial charge on any atom is -0.336 e. The number of carbonyl (C=O) groups excluding carboxylic acids is 1. The number of rotatable bonds is 4. The molecule has 0 atom stereocenters. The highest BCUT2D eigenvalue weighted by Crippen LogP contribution is 2.24. The van der Waals surface area contributed by atoms with Gasteiger partial charge in [0.15, 0.2) is 0 Å². The Morgan fingerprint density at radius 1 is 1.07 bits per heavy atom. The van der Waals surface area contributed by atoms with E-state index in [2.05, 4.69) is 0 Å². The van der Waals surface area contributed by atoms with Gasteiger partial charge >= 0.3 is 0 Å². The lowest BCUT2D eigenvalue weighted by Crippen LogP contribution is -2.50. The van der Waals surface area contributed by atoms with E-state index in [1.807, 2.05) is 0 Å². The molecule has 0 radical (unpaired) electrons. The van der Waals surface area contributed by atoms with Crippen LogP contribution in [-0.4, -0.2) is 54.6 Å². The van der Waals surface area contributed by atoms with Crippen LogP contribution >= 0.6 is 0 Å². The third-order valence-electron chi connectivity index (χ3n) is 4.71. The molecule has 0 saturated carbocycles. The molecule has 0 aliphatic carbocycles. The Labute approximate surface area is 161 Å². The monoisotopic (exact) mass is 407 g/mol. The number of amides is 1. The summed E-state index contributed by atoms with van der Waals surface area (Å²) in [5.74, 6) is -0.901. The first kappa shape index (κ1) is 19.9. The van der Waals surface area contributed by atoms with Crippen molar-refractivity contribution in [1.29, 1.82) is 0 Å². The van der Waals surface area contributed by atoms with Gasteiger partial charge in [-0.2, -0.15) is 4.31 Å². The van der Waals surface area contributed by atoms with E-state index in [4.69, 9.17) is 0 Å². The molecule has 1 aliphatic heterocycles. The van der Waals surface area contributed by atoms with Crippen molar-refractivity contribution < 1.29 is 22.5 Å². The highest BCUT2D eigenvalue weighted by molar-refractivity contribution is 7.89. The van der Waals surface area contributed by atoms with Crippen LogP contribution in [0.4, 0.5) is 10.1 Å². The fourth-order valence-electron chi connectivity index (χ4n) is 3.11. The topological polar surface area (TPSA) is 101 Å². The van der Waals surface area contributed by atoms with Crippen molar-refractivity contribution in [1.82, 2.24) is 9.21 Å². The smallest absolute Gasteiger partial charge is 0.273 e. The summed E-state index contributed by atoms with van der Waals surface area (Å²) in [6, 6.07) is 8.87. The van der Waals surface area contributed by atoms with E-state index < -0.39 is 20.8 Å². The third kappa shape index (κ3) is 3.73. The van der Waals surface area contributed by atoms with Crippen molar-refractivity contribution >= 4 is 21.6 Å². The van der Waals surface area contributed by atoms with Gasteiger partial charge in [-0.3, -0.25) is 14.9 Å². The van der Waals surface area contributed by atoms with Gasteiger partial charge in [-0.1, -0.05) is 6.07 Å². The zero-order valence-electron chi connectivity index (χ0n) is 15.0. The third-order valence-corrected chi connectivity index (χ3v) is 6.62. The molecular weight excluding hydrogens is 389 g/mol. The van der Waals surface area contributed by atoms with Gasteiger partial charge in [-0.15, -0.1) is 0 Å². The largest absolute Gasteiger partial charge is 0.336 e. The molecule has 2 aromatic carbocycles. The molecule has 2 aromatic rings. The average molecular weight is 407 g/mol. The lowest BCUT2D eigenvalue weighted by atomic mass is 10.1. The summed E-state index contributed by atoms with van der Waals surface area (Å²) in [4.78, 5) is 24.7. The molecule has 1 amide bonds. The molecule has 1 fully saturated rings. The number of nitro groups is 1. The Morgan fingerprint density at radius 3 is 2.25 bits per heavy atom. The summed E-state index contributed by atoms with van der Waals surface area (Å²) in [5.41, 5.74) is 0.367. The van der Waals surface area contributed by atoms with Crippen LogP contribution in [0.5, 0.6) is 0 Å². The molecule has 1 saturated heterocycles. The molecule has 0 bridgehead atoms. The molecule has 0 aromatic heterocycles. The van der Waals surface area contributed by atoms with Crippen molar-refractivity contribution in [2.45, 2.75) is 11.8 Å². The maximum absolute atomic E-state index is 13.0. The highest BCUT2D eigenvalue weighted by atomic mass is 32.2. The number of hydrogen-bond donors (Lipinski definition) is 0. The normalized spacial score (nSPS) is 15.4. The second-order valence-corrected chi connectivity index (χ2v) is 8.29. The van der Waals surface area contributed by atoms with Gasteiger partial charge in [-0.25, -0.2) is 12.8 Å². The summed E-state index contributed by atoms with van der Waals surface area (Å²) in [5, 5.41) is 11.1. The number of halogens is 1. The zero-order chi connectivity index (χ0) is 20.5. The molecule has 10 heteroatoms. The molecule has 0 spiro atoms. The first-order valence-corrected chi connectivity index (χ1v) is 9.95. The first-order valence-electron chi connectivity index (χ1n) is 8.51. The summed E-state index contributed by atoms with van der Waals surface area (Å²) in [7, 11) is -3.78. The first-order chi connectivity index (χ1) is 13.2. The van der Waals surface area contributed by atoms with Crippen LogP contribution in [-0.2, 0) is 10.0 Å². The Balaban J connectivity index is 1.73. The second kappa shape index (κ2) is 7.64. The molecule has 0 N–H and O–H groups in total. The van der Waals surface area contributed by atoms with Gasteiger partial charge in [0.1, 0.15) is 5.82 Å². The van der Waals surface area contributed by atoms with E-state index in [1.165, 1.54) is 46.5 Å². The number of hydrogen-bond acceptors (Lipinski definition) is 5. The number of piperazine rings is 1. The fraction of sp³-hybridized carbons (Fsp3) is 0.278. The van der Waals surface area contributed by atoms with Gasteiger partial charge < -0.3 is 4.90 Å². The lowest BCUT2D eigenvalue weighted by Gasteiger charge is -2.34. The van der Waals surface area contributed by atoms with Crippen molar-refractivity contribution in [3.63, 3.8) is 0 Å². The van der Waals surface area contributed by atoms with Crippen molar-refractivity contribution in [2.75, 3.05) is 26.2 Å². The minimum absolute atomic E-state index is 0.0109. The van der Waals surface area contributed by atoms with Crippen LogP contribution in [0.3, 0.4) is 0 Å². The van der Waals surface area contributed by atoms with Gasteiger partial charge in [0, 0.05) is 43.4 Å². The van der Waals surface area contributed by atoms with Gasteiger partial charge in [0.25, 0.3) is 11.6 Å². The molecule has 1 heterocycles. The summed E-state index contributed by atoms with van der Waals surface area (Å²) < 4.78 is 39.6. The van der Waals surface area contributed by atoms with Gasteiger partial charge in [0.05, 0.1) is 9.82 Å². The molecule has 0 unspecified atom stereocenters. The van der Waals surface area contributed by atoms with Gasteiger partial charge in [0.2, 0.25) is 10.0 Å². The van der Waals surface area contributed by atoms with Crippen molar-refractivity contribution in [3.05, 3.63) is 69.5 Å². The second-order valence-electron chi connectivity index (χ2n) is 6.36. The van der Waals surface area contributed by atoms with Crippen LogP contribution in [0, 0.1) is 22.9 Å². The van der Waals surface area contributed by atoms with Crippen molar-refractivity contribution in [3.8, 4) is 0 Å². The molecule has 3 rings (SSSR count). The Morgan fingerprint density at radius 2 is 1.68 bits per heavy atom. The predicted molar refractivity (Wildman–Crippen MR) is 98.9 cm³/mol. The van der Waals surface area contributed by atoms with Gasteiger partial charge in [-0.05, 0) is 37.3 Å². The van der Waals surface area contributed by atoms with Crippen LogP contribution in [0.15, 0.2) is 47.4 Å². The van der Waals surface area contributed by atoms with Crippen LogP contribution in [0.25, 0.3) is 0 Å². The zero-order valence-corrected chi connectivity index (χ0v) is 15.9. The van der Waals surface area contributed by atoms with E-state index in [-0.39, 0.29) is 53.8 Å². The predicted octanol–water partition coefficient (Wildman–Crippen LogP) is 2.19. The Bertz CT molecular complexity index is 1020. The number of nitrogens with zero attached hydrogens (tertiary/aromatic N) is 3. The van der Waals surface area contributed by atoms with Crippen LogP contribution in [0.1, 0.15) is 15.9 Å². The summed E-state index contributed by atoms with van der Waals surface area (Å²) >= 11 is 0. The Hall–Kier alpha value is -2.85. The van der Waals surface area contributed by atoms with E-state index >= 15 is 0 Å². The molecular formula is C18H18FN3O5S. The summed E-state index contributed by atoms with van der Waals surface area (Å²) in [6.45, 7) is 1.99. The number of sulfonamides is 1. The standard InChI is InChI=1S/C18H18FN3O5S/c1-13-16(3-2-4-17(13)22(24)25)18(23)20-9-11-21(12-10-20)28(26,27)15-7-5-14(19)6-8-15/h2-8H,9-12H2,1H3. The van der Waals surface area contributed by atoms with E-state index in [0.29, 0.717) is 0 Å². The van der Waals surface area contributed by atoms with E-state index in [1.54, 1.807) is 0 Å². The molecule has 8 nitrogen and oxygen atoms in total. The number of carbonyl (C=O) groups is 1. The van der Waals surface area contributed by atoms with Crippen LogP contribution in [0.2, 0.25) is 0 Å². The maximum atomic E-state index is 13.0. The summed E-state index contributed by atoms with van der Waals surface area (Å²) in [6.07, 6.45) is 0. The SMILES string of the molecule is Cc1c(C(=O)N2CCN(S(=O)(=O)c3ccc(F)cc3)CC2)cccc1[N+](=O)[O-]. The maximum Gasteiger partial charge on any atom is 0.273 e. The van der Waals surface area contributed by atoms with E-state index in [0.717, 1.165) is 12.1 Å². The Kier molecular flexibility index (Phi) is 5.43. The molecule has 28 heavy (non-hydrogen) atoms. The molecule has 1 aliphatic rings. The fourth-order valence-corrected chi connectivity index (χ4v) is 4.53. The van der Waals surface area contributed by atoms with Crippen LogP contribution < -0.4 is 0 Å². The lowest BCUT2D eigenvalue weighted by molar-refractivity contribution is -0.385. The number of nitro benzene ring substituents is 1. The minimum atomic E-state index is -3.78. The molecule has 148 valence electrons.